The topological polar surface area (TPSA) is 64.9 Å². The molecule has 3 atom stereocenters. The number of halogens is 3. The zero-order valence-corrected chi connectivity index (χ0v) is 10.3. The summed E-state index contributed by atoms with van der Waals surface area (Å²) in [5, 5.41) is 3.42. The van der Waals surface area contributed by atoms with Crippen LogP contribution in [-0.4, -0.2) is 10.1 Å². The first kappa shape index (κ1) is 13.3. The van der Waals surface area contributed by atoms with Gasteiger partial charge in [0.25, 0.3) is 0 Å². The fourth-order valence-corrected chi connectivity index (χ4v) is 2.52. The lowest BCUT2D eigenvalue weighted by Gasteiger charge is -2.39. The Kier molecular flexibility index (Phi) is 3.12. The molecular formula is C11H16F3N3O. The van der Waals surface area contributed by atoms with Crippen LogP contribution in [-0.2, 0) is 11.7 Å². The van der Waals surface area contributed by atoms with Gasteiger partial charge in [-0.3, -0.25) is 0 Å². The van der Waals surface area contributed by atoms with Gasteiger partial charge in [0.1, 0.15) is 0 Å². The van der Waals surface area contributed by atoms with Gasteiger partial charge in [0.05, 0.1) is 5.54 Å². The van der Waals surface area contributed by atoms with Crippen LogP contribution in [0.25, 0.3) is 0 Å². The first-order chi connectivity index (χ1) is 8.23. The van der Waals surface area contributed by atoms with Gasteiger partial charge in [-0.1, -0.05) is 19.0 Å². The second-order valence-corrected chi connectivity index (χ2v) is 5.24. The quantitative estimate of drug-likeness (QED) is 0.846. The van der Waals surface area contributed by atoms with Crippen LogP contribution in [0.3, 0.4) is 0 Å². The van der Waals surface area contributed by atoms with Gasteiger partial charge in [0, 0.05) is 0 Å². The largest absolute Gasteiger partial charge is 0.471 e. The van der Waals surface area contributed by atoms with Crippen molar-refractivity contribution in [3.63, 3.8) is 0 Å². The average Bonchev–Trinajstić information content (AvgIpc) is 2.73. The Morgan fingerprint density at radius 1 is 1.39 bits per heavy atom. The van der Waals surface area contributed by atoms with Crippen molar-refractivity contribution in [1.29, 1.82) is 0 Å². The van der Waals surface area contributed by atoms with Crippen molar-refractivity contribution in [2.24, 2.45) is 17.6 Å². The molecule has 0 bridgehead atoms. The van der Waals surface area contributed by atoms with Crippen LogP contribution in [0, 0.1) is 11.8 Å². The predicted octanol–water partition coefficient (Wildman–Crippen LogP) is 2.70. The zero-order chi connectivity index (χ0) is 13.6. The maximum atomic E-state index is 12.4. The summed E-state index contributed by atoms with van der Waals surface area (Å²) in [7, 11) is 0. The number of hydrogen-bond donors (Lipinski definition) is 1. The molecule has 1 saturated carbocycles. The normalized spacial score (nSPS) is 33.7. The monoisotopic (exact) mass is 263 g/mol. The molecule has 0 aromatic carbocycles. The minimum Gasteiger partial charge on any atom is -0.329 e. The van der Waals surface area contributed by atoms with Crippen LogP contribution >= 0.6 is 0 Å². The van der Waals surface area contributed by atoms with E-state index < -0.39 is 17.6 Å². The van der Waals surface area contributed by atoms with Crippen LogP contribution in [0.1, 0.15) is 44.8 Å². The van der Waals surface area contributed by atoms with Gasteiger partial charge >= 0.3 is 12.1 Å². The molecule has 2 N–H and O–H groups in total. The number of aromatic nitrogens is 2. The summed E-state index contributed by atoms with van der Waals surface area (Å²) < 4.78 is 41.5. The van der Waals surface area contributed by atoms with Crippen LogP contribution < -0.4 is 5.73 Å². The second kappa shape index (κ2) is 4.22. The van der Waals surface area contributed by atoms with Gasteiger partial charge in [-0.05, 0) is 31.1 Å². The molecule has 4 nitrogen and oxygen atoms in total. The van der Waals surface area contributed by atoms with Crippen molar-refractivity contribution in [1.82, 2.24) is 10.1 Å². The molecule has 2 rings (SSSR count). The molecule has 1 fully saturated rings. The summed E-state index contributed by atoms with van der Waals surface area (Å²) in [6.45, 7) is 4.02. The third kappa shape index (κ3) is 2.23. The van der Waals surface area contributed by atoms with Gasteiger partial charge in [-0.25, -0.2) is 0 Å². The van der Waals surface area contributed by atoms with Gasteiger partial charge in [0.15, 0.2) is 5.82 Å². The highest BCUT2D eigenvalue weighted by Gasteiger charge is 2.45. The highest BCUT2D eigenvalue weighted by Crippen LogP contribution is 2.41. The number of nitrogens with zero attached hydrogens (tertiary/aromatic N) is 2. The van der Waals surface area contributed by atoms with E-state index in [1.807, 2.05) is 6.92 Å². The summed E-state index contributed by atoms with van der Waals surface area (Å²) in [5.74, 6) is -0.812. The Morgan fingerprint density at radius 2 is 2.06 bits per heavy atom. The van der Waals surface area contributed by atoms with Crippen molar-refractivity contribution >= 4 is 0 Å². The second-order valence-electron chi connectivity index (χ2n) is 5.24. The third-order valence-corrected chi connectivity index (χ3v) is 3.77. The SMILES string of the molecule is CC1CCC(N)(c2noc(C(F)(F)F)n2)C(C)C1. The van der Waals surface area contributed by atoms with E-state index in [1.165, 1.54) is 0 Å². The lowest BCUT2D eigenvalue weighted by Crippen LogP contribution is -2.47. The standard InChI is InChI=1S/C11H16F3N3O/c1-6-3-4-10(15,7(2)5-6)8-16-9(18-17-8)11(12,13)14/h6-7H,3-5,15H2,1-2H3. The zero-order valence-electron chi connectivity index (χ0n) is 10.3. The van der Waals surface area contributed by atoms with Crippen molar-refractivity contribution in [3.8, 4) is 0 Å². The molecule has 0 aliphatic heterocycles. The molecule has 3 unspecified atom stereocenters. The Labute approximate surface area is 103 Å². The van der Waals surface area contributed by atoms with E-state index in [-0.39, 0.29) is 11.7 Å². The third-order valence-electron chi connectivity index (χ3n) is 3.77. The maximum Gasteiger partial charge on any atom is 0.471 e. The summed E-state index contributed by atoms with van der Waals surface area (Å²) >= 11 is 0. The number of rotatable bonds is 1. The van der Waals surface area contributed by atoms with Crippen molar-refractivity contribution in [2.45, 2.75) is 44.8 Å². The fraction of sp³-hybridized carbons (Fsp3) is 0.818. The van der Waals surface area contributed by atoms with Crippen LogP contribution in [0.5, 0.6) is 0 Å². The Bertz CT molecular complexity index is 431. The van der Waals surface area contributed by atoms with Gasteiger partial charge < -0.3 is 10.3 Å². The Morgan fingerprint density at radius 3 is 2.56 bits per heavy atom. The van der Waals surface area contributed by atoms with Crippen molar-refractivity contribution in [2.75, 3.05) is 0 Å². The van der Waals surface area contributed by atoms with Gasteiger partial charge in [0.2, 0.25) is 0 Å². The molecule has 1 aliphatic carbocycles. The van der Waals surface area contributed by atoms with Crippen LogP contribution in [0.2, 0.25) is 0 Å². The number of alkyl halides is 3. The molecule has 0 saturated heterocycles. The first-order valence-corrected chi connectivity index (χ1v) is 5.93. The van der Waals surface area contributed by atoms with E-state index in [0.29, 0.717) is 12.3 Å². The fourth-order valence-electron chi connectivity index (χ4n) is 2.52. The molecule has 1 aliphatic rings. The summed E-state index contributed by atoms with van der Waals surface area (Å²) in [6, 6.07) is 0. The average molecular weight is 263 g/mol. The molecule has 7 heteroatoms. The van der Waals surface area contributed by atoms with Gasteiger partial charge in [-0.15, -0.1) is 0 Å². The molecule has 102 valence electrons. The molecule has 0 spiro atoms. The van der Waals surface area contributed by atoms with E-state index in [4.69, 9.17) is 5.73 Å². The molecule has 1 aromatic heterocycles. The Balaban J connectivity index is 2.28. The van der Waals surface area contributed by atoms with Crippen molar-refractivity contribution in [3.05, 3.63) is 11.7 Å². The summed E-state index contributed by atoms with van der Waals surface area (Å²) in [4.78, 5) is 3.42. The number of hydrogen-bond acceptors (Lipinski definition) is 4. The molecular weight excluding hydrogens is 247 g/mol. The van der Waals surface area contributed by atoms with E-state index in [1.54, 1.807) is 0 Å². The minimum absolute atomic E-state index is 0.0277. The Hall–Kier alpha value is -1.11. The first-order valence-electron chi connectivity index (χ1n) is 5.93. The van der Waals surface area contributed by atoms with E-state index in [2.05, 4.69) is 21.6 Å². The van der Waals surface area contributed by atoms with Crippen molar-refractivity contribution < 1.29 is 17.7 Å². The summed E-state index contributed by atoms with van der Waals surface area (Å²) in [6.07, 6.45) is -2.33. The van der Waals surface area contributed by atoms with E-state index in [0.717, 1.165) is 12.8 Å². The smallest absolute Gasteiger partial charge is 0.329 e. The van der Waals surface area contributed by atoms with Crippen LogP contribution in [0.15, 0.2) is 4.52 Å². The lowest BCUT2D eigenvalue weighted by molar-refractivity contribution is -0.159. The van der Waals surface area contributed by atoms with E-state index in [9.17, 15) is 13.2 Å². The highest BCUT2D eigenvalue weighted by molar-refractivity contribution is 5.09. The lowest BCUT2D eigenvalue weighted by atomic mass is 9.70. The molecule has 1 aromatic rings. The minimum atomic E-state index is -4.62. The maximum absolute atomic E-state index is 12.4. The van der Waals surface area contributed by atoms with Gasteiger partial charge in [-0.2, -0.15) is 18.2 Å². The van der Waals surface area contributed by atoms with Crippen LogP contribution in [0.4, 0.5) is 13.2 Å². The molecule has 1 heterocycles. The number of nitrogens with two attached hydrogens (primary N) is 1. The molecule has 18 heavy (non-hydrogen) atoms. The predicted molar refractivity (Wildman–Crippen MR) is 57.3 cm³/mol. The van der Waals surface area contributed by atoms with E-state index >= 15 is 0 Å². The highest BCUT2D eigenvalue weighted by atomic mass is 19.4. The molecule has 0 amide bonds. The molecule has 0 radical (unpaired) electrons. The summed E-state index contributed by atoms with van der Waals surface area (Å²) in [5.41, 5.74) is 5.27.